The van der Waals surface area contributed by atoms with Crippen LogP contribution in [0.15, 0.2) is 83.5 Å². The van der Waals surface area contributed by atoms with Crippen LogP contribution < -0.4 is 4.74 Å². The maximum atomic E-state index is 12.2. The van der Waals surface area contributed by atoms with Crippen molar-refractivity contribution in [2.24, 2.45) is 5.16 Å². The van der Waals surface area contributed by atoms with E-state index in [0.717, 1.165) is 0 Å². The first-order valence-corrected chi connectivity index (χ1v) is 9.62. The number of nitro benzene ring substituents is 1. The molecular formula is C23H13ClN2O6. The summed E-state index contributed by atoms with van der Waals surface area (Å²) < 4.78 is 5.29. The lowest BCUT2D eigenvalue weighted by molar-refractivity contribution is -0.384. The van der Waals surface area contributed by atoms with E-state index in [-0.39, 0.29) is 22.6 Å². The third-order valence-corrected chi connectivity index (χ3v) is 4.78. The number of benzene rings is 3. The highest BCUT2D eigenvalue weighted by Crippen LogP contribution is 2.23. The molecule has 0 N–H and O–H groups in total. The van der Waals surface area contributed by atoms with E-state index in [0.29, 0.717) is 21.9 Å². The zero-order chi connectivity index (χ0) is 22.7. The topological polar surface area (TPSA) is 108 Å². The number of oxime groups is 1. The molecule has 1 aliphatic rings. The Labute approximate surface area is 186 Å². The lowest BCUT2D eigenvalue weighted by atomic mass is 10.0. The molecule has 0 saturated carbocycles. The highest BCUT2D eigenvalue weighted by molar-refractivity contribution is 6.32. The van der Waals surface area contributed by atoms with Crippen molar-refractivity contribution in [2.75, 3.05) is 0 Å². The molecule has 9 heteroatoms. The van der Waals surface area contributed by atoms with Gasteiger partial charge in [0.15, 0.2) is 0 Å². The number of ether oxygens (including phenoxy) is 1. The number of hydrogen-bond donors (Lipinski definition) is 0. The average molecular weight is 449 g/mol. The van der Waals surface area contributed by atoms with Crippen LogP contribution in [0.3, 0.4) is 0 Å². The molecule has 0 fully saturated rings. The highest BCUT2D eigenvalue weighted by Gasteiger charge is 2.26. The third kappa shape index (κ3) is 4.55. The van der Waals surface area contributed by atoms with Crippen LogP contribution in [0.4, 0.5) is 5.69 Å². The van der Waals surface area contributed by atoms with Gasteiger partial charge in [-0.05, 0) is 48.0 Å². The SMILES string of the molecule is O=C1ON=C(c2ccc(Cl)cc2)/C1=C/c1ccc(OC(=O)c2ccc([N+](=O)[O-])cc2)cc1. The summed E-state index contributed by atoms with van der Waals surface area (Å²) in [6.07, 6.45) is 1.62. The van der Waals surface area contributed by atoms with Crippen molar-refractivity contribution < 1.29 is 24.1 Å². The lowest BCUT2D eigenvalue weighted by Crippen LogP contribution is -2.08. The fourth-order valence-electron chi connectivity index (χ4n) is 2.91. The zero-order valence-electron chi connectivity index (χ0n) is 16.2. The van der Waals surface area contributed by atoms with Gasteiger partial charge in [-0.25, -0.2) is 9.59 Å². The zero-order valence-corrected chi connectivity index (χ0v) is 17.0. The first-order chi connectivity index (χ1) is 15.4. The van der Waals surface area contributed by atoms with Crippen molar-refractivity contribution in [1.82, 2.24) is 0 Å². The largest absolute Gasteiger partial charge is 0.423 e. The Morgan fingerprint density at radius 3 is 2.28 bits per heavy atom. The van der Waals surface area contributed by atoms with Gasteiger partial charge in [0, 0.05) is 22.7 Å². The molecule has 0 aromatic heterocycles. The monoisotopic (exact) mass is 448 g/mol. The van der Waals surface area contributed by atoms with Crippen LogP contribution in [0.2, 0.25) is 5.02 Å². The van der Waals surface area contributed by atoms with Crippen LogP contribution in [0.25, 0.3) is 6.08 Å². The first-order valence-electron chi connectivity index (χ1n) is 9.25. The minimum atomic E-state index is -0.650. The van der Waals surface area contributed by atoms with Gasteiger partial charge in [0.25, 0.3) is 5.69 Å². The number of hydrogen-bond acceptors (Lipinski definition) is 7. The Hall–Kier alpha value is -4.30. The third-order valence-electron chi connectivity index (χ3n) is 4.53. The molecule has 3 aromatic rings. The van der Waals surface area contributed by atoms with E-state index in [1.165, 1.54) is 24.3 Å². The molecule has 0 aliphatic carbocycles. The fourth-order valence-corrected chi connectivity index (χ4v) is 3.04. The van der Waals surface area contributed by atoms with E-state index in [9.17, 15) is 19.7 Å². The van der Waals surface area contributed by atoms with Crippen LogP contribution in [0, 0.1) is 10.1 Å². The number of rotatable bonds is 5. The van der Waals surface area contributed by atoms with Gasteiger partial charge in [0.05, 0.1) is 16.1 Å². The number of halogens is 1. The van der Waals surface area contributed by atoms with E-state index in [2.05, 4.69) is 5.16 Å². The van der Waals surface area contributed by atoms with Gasteiger partial charge in [-0.15, -0.1) is 0 Å². The summed E-state index contributed by atoms with van der Waals surface area (Å²) in [6.45, 7) is 0. The summed E-state index contributed by atoms with van der Waals surface area (Å²) in [5.74, 6) is -0.956. The molecule has 0 unspecified atom stereocenters. The highest BCUT2D eigenvalue weighted by atomic mass is 35.5. The molecule has 0 atom stereocenters. The predicted octanol–water partition coefficient (Wildman–Crippen LogP) is 4.81. The second-order valence-corrected chi connectivity index (χ2v) is 7.08. The predicted molar refractivity (Wildman–Crippen MR) is 117 cm³/mol. The summed E-state index contributed by atoms with van der Waals surface area (Å²) >= 11 is 5.91. The number of esters is 1. The molecule has 32 heavy (non-hydrogen) atoms. The molecule has 0 bridgehead atoms. The standard InChI is InChI=1S/C23H13ClN2O6/c24-17-7-3-15(4-8-17)21-20(23(28)32-25-21)13-14-1-11-19(12-2-14)31-22(27)16-5-9-18(10-6-16)26(29)30/h1-13H/b20-13-. The molecule has 4 rings (SSSR count). The molecule has 0 spiro atoms. The number of carbonyl (C=O) groups is 2. The van der Waals surface area contributed by atoms with Crippen molar-refractivity contribution in [3.05, 3.63) is 110 Å². The van der Waals surface area contributed by atoms with Crippen LogP contribution in [-0.2, 0) is 9.63 Å². The Morgan fingerprint density at radius 2 is 1.66 bits per heavy atom. The van der Waals surface area contributed by atoms with E-state index in [1.807, 2.05) is 0 Å². The number of nitrogens with zero attached hydrogens (tertiary/aromatic N) is 2. The van der Waals surface area contributed by atoms with E-state index in [4.69, 9.17) is 21.2 Å². The van der Waals surface area contributed by atoms with Gasteiger partial charge in [-0.1, -0.05) is 41.0 Å². The van der Waals surface area contributed by atoms with Crippen molar-refractivity contribution in [3.8, 4) is 5.75 Å². The number of carbonyl (C=O) groups excluding carboxylic acids is 2. The van der Waals surface area contributed by atoms with Crippen molar-refractivity contribution in [2.45, 2.75) is 0 Å². The van der Waals surface area contributed by atoms with Gasteiger partial charge in [-0.3, -0.25) is 10.1 Å². The Balaban J connectivity index is 1.49. The number of non-ortho nitro benzene ring substituents is 1. The van der Waals surface area contributed by atoms with E-state index >= 15 is 0 Å². The van der Waals surface area contributed by atoms with Crippen molar-refractivity contribution >= 4 is 41.0 Å². The van der Waals surface area contributed by atoms with Gasteiger partial charge in [0.1, 0.15) is 11.5 Å². The minimum Gasteiger partial charge on any atom is -0.423 e. The maximum Gasteiger partial charge on any atom is 0.368 e. The van der Waals surface area contributed by atoms with Gasteiger partial charge in [-0.2, -0.15) is 0 Å². The van der Waals surface area contributed by atoms with E-state index < -0.39 is 16.9 Å². The molecule has 1 heterocycles. The summed E-state index contributed by atoms with van der Waals surface area (Å²) in [7, 11) is 0. The molecule has 0 radical (unpaired) electrons. The Kier molecular flexibility index (Phi) is 5.78. The molecular weight excluding hydrogens is 436 g/mol. The summed E-state index contributed by atoms with van der Waals surface area (Å²) in [6, 6.07) is 18.4. The minimum absolute atomic E-state index is 0.120. The second kappa shape index (κ2) is 8.83. The van der Waals surface area contributed by atoms with Crippen LogP contribution in [-0.4, -0.2) is 22.6 Å². The second-order valence-electron chi connectivity index (χ2n) is 6.65. The number of nitro groups is 1. The summed E-state index contributed by atoms with van der Waals surface area (Å²) in [5.41, 5.74) is 2.07. The fraction of sp³-hybridized carbons (Fsp3) is 0. The molecule has 0 amide bonds. The molecule has 3 aromatic carbocycles. The quantitative estimate of drug-likeness (QED) is 0.138. The van der Waals surface area contributed by atoms with Crippen LogP contribution in [0.5, 0.6) is 5.75 Å². The molecule has 1 aliphatic heterocycles. The van der Waals surface area contributed by atoms with Gasteiger partial charge in [0.2, 0.25) is 0 Å². The van der Waals surface area contributed by atoms with E-state index in [1.54, 1.807) is 54.6 Å². The molecule has 0 saturated heterocycles. The molecule has 8 nitrogen and oxygen atoms in total. The van der Waals surface area contributed by atoms with Crippen molar-refractivity contribution in [3.63, 3.8) is 0 Å². The maximum absolute atomic E-state index is 12.2. The van der Waals surface area contributed by atoms with Crippen LogP contribution >= 0.6 is 11.6 Å². The van der Waals surface area contributed by atoms with Gasteiger partial charge >= 0.3 is 11.9 Å². The summed E-state index contributed by atoms with van der Waals surface area (Å²) in [4.78, 5) is 39.3. The lowest BCUT2D eigenvalue weighted by Gasteiger charge is -2.05. The van der Waals surface area contributed by atoms with Crippen molar-refractivity contribution in [1.29, 1.82) is 0 Å². The normalized spacial score (nSPS) is 14.1. The Bertz CT molecular complexity index is 1260. The smallest absolute Gasteiger partial charge is 0.368 e. The molecule has 158 valence electrons. The van der Waals surface area contributed by atoms with Crippen LogP contribution in [0.1, 0.15) is 21.5 Å². The average Bonchev–Trinajstić information content (AvgIpc) is 3.15. The first kappa shape index (κ1) is 21.0. The van der Waals surface area contributed by atoms with Gasteiger partial charge < -0.3 is 9.57 Å². The summed E-state index contributed by atoms with van der Waals surface area (Å²) in [5, 5.41) is 15.1. The Morgan fingerprint density at radius 1 is 1.00 bits per heavy atom.